The van der Waals surface area contributed by atoms with Crippen LogP contribution in [0.1, 0.15) is 39.5 Å². The van der Waals surface area contributed by atoms with Gasteiger partial charge in [0.2, 0.25) is 0 Å². The van der Waals surface area contributed by atoms with E-state index < -0.39 is 0 Å². The van der Waals surface area contributed by atoms with Gasteiger partial charge in [0.15, 0.2) is 0 Å². The van der Waals surface area contributed by atoms with Crippen LogP contribution in [-0.2, 0) is 4.74 Å². The van der Waals surface area contributed by atoms with Crippen LogP contribution in [0.4, 0.5) is 4.79 Å². The highest BCUT2D eigenvalue weighted by molar-refractivity contribution is 5.74. The molecule has 1 rings (SSSR count). The number of nitrogens with zero attached hydrogens (tertiary/aromatic N) is 1. The third kappa shape index (κ3) is 6.21. The zero-order valence-electron chi connectivity index (χ0n) is 11.5. The van der Waals surface area contributed by atoms with Crippen molar-refractivity contribution in [1.29, 1.82) is 0 Å². The second kappa shape index (κ2) is 8.32. The van der Waals surface area contributed by atoms with Gasteiger partial charge in [0.1, 0.15) is 0 Å². The summed E-state index contributed by atoms with van der Waals surface area (Å²) >= 11 is 0. The molecule has 0 aromatic rings. The van der Waals surface area contributed by atoms with Gasteiger partial charge in [-0.3, -0.25) is 0 Å². The molecule has 18 heavy (non-hydrogen) atoms. The molecule has 1 atom stereocenters. The number of unbranched alkanes of at least 4 members (excludes halogenated alkanes) is 1. The number of ether oxygens (including phenoxy) is 1. The Labute approximate surface area is 109 Å². The van der Waals surface area contributed by atoms with E-state index in [4.69, 9.17) is 4.74 Å². The van der Waals surface area contributed by atoms with Gasteiger partial charge >= 0.3 is 6.03 Å². The maximum absolute atomic E-state index is 11.8. The van der Waals surface area contributed by atoms with E-state index in [0.717, 1.165) is 38.8 Å². The zero-order valence-corrected chi connectivity index (χ0v) is 11.5. The lowest BCUT2D eigenvalue weighted by Gasteiger charge is -2.30. The monoisotopic (exact) mass is 258 g/mol. The average molecular weight is 258 g/mol. The first kappa shape index (κ1) is 15.2. The van der Waals surface area contributed by atoms with Crippen LogP contribution >= 0.6 is 0 Å². The van der Waals surface area contributed by atoms with Crippen molar-refractivity contribution in [3.8, 4) is 0 Å². The number of carbonyl (C=O) groups is 1. The normalized spacial score (nSPS) is 20.2. The number of nitrogens with one attached hydrogen (secondary N) is 1. The molecule has 0 saturated carbocycles. The molecule has 2 amide bonds. The summed E-state index contributed by atoms with van der Waals surface area (Å²) in [4.78, 5) is 13.5. The van der Waals surface area contributed by atoms with Crippen molar-refractivity contribution in [2.24, 2.45) is 0 Å². The molecule has 0 aromatic carbocycles. The van der Waals surface area contributed by atoms with Crippen molar-refractivity contribution >= 4 is 6.03 Å². The van der Waals surface area contributed by atoms with Crippen LogP contribution in [0.15, 0.2) is 0 Å². The van der Waals surface area contributed by atoms with Crippen molar-refractivity contribution in [3.05, 3.63) is 0 Å². The summed E-state index contributed by atoms with van der Waals surface area (Å²) in [5.41, 5.74) is 0. The van der Waals surface area contributed by atoms with E-state index >= 15 is 0 Å². The third-order valence-corrected chi connectivity index (χ3v) is 2.98. The maximum Gasteiger partial charge on any atom is 0.317 e. The van der Waals surface area contributed by atoms with Gasteiger partial charge in [0, 0.05) is 26.2 Å². The van der Waals surface area contributed by atoms with Gasteiger partial charge in [0.05, 0.1) is 12.2 Å². The molecule has 1 fully saturated rings. The number of aliphatic hydroxyl groups excluding tert-OH is 1. The SMILES string of the molecule is CC(C)OCCCCNC(=O)N1CCCC(O)C1. The number of hydrogen-bond donors (Lipinski definition) is 2. The number of piperidine rings is 1. The van der Waals surface area contributed by atoms with Crippen LogP contribution in [0.3, 0.4) is 0 Å². The van der Waals surface area contributed by atoms with E-state index in [1.807, 2.05) is 13.8 Å². The number of amides is 2. The predicted molar refractivity (Wildman–Crippen MR) is 70.5 cm³/mol. The standard InChI is InChI=1S/C13H26N2O3/c1-11(2)18-9-4-3-7-14-13(17)15-8-5-6-12(16)10-15/h11-12,16H,3-10H2,1-2H3,(H,14,17). The first-order valence-corrected chi connectivity index (χ1v) is 6.92. The Kier molecular flexibility index (Phi) is 7.05. The number of carbonyl (C=O) groups excluding carboxylic acids is 1. The molecule has 0 aromatic heterocycles. The summed E-state index contributed by atoms with van der Waals surface area (Å²) < 4.78 is 5.42. The minimum atomic E-state index is -0.357. The Morgan fingerprint density at radius 3 is 2.94 bits per heavy atom. The minimum Gasteiger partial charge on any atom is -0.391 e. The second-order valence-corrected chi connectivity index (χ2v) is 5.10. The molecule has 2 N–H and O–H groups in total. The Bertz CT molecular complexity index is 246. The number of β-amino-alcohol motifs (C(OH)–C–C–N with tert-alkyl or cyclic N) is 1. The largest absolute Gasteiger partial charge is 0.391 e. The smallest absolute Gasteiger partial charge is 0.317 e. The van der Waals surface area contributed by atoms with Crippen molar-refractivity contribution in [3.63, 3.8) is 0 Å². The number of urea groups is 1. The molecule has 1 heterocycles. The Hall–Kier alpha value is -0.810. The third-order valence-electron chi connectivity index (χ3n) is 2.98. The van der Waals surface area contributed by atoms with E-state index in [1.165, 1.54) is 0 Å². The molecule has 1 aliphatic rings. The molecule has 1 aliphatic heterocycles. The molecule has 5 heteroatoms. The molecule has 5 nitrogen and oxygen atoms in total. The van der Waals surface area contributed by atoms with Gasteiger partial charge in [-0.15, -0.1) is 0 Å². The number of likely N-dealkylation sites (tertiary alicyclic amines) is 1. The highest BCUT2D eigenvalue weighted by Gasteiger charge is 2.21. The molecule has 0 aliphatic carbocycles. The summed E-state index contributed by atoms with van der Waals surface area (Å²) in [6.07, 6.45) is 3.49. The van der Waals surface area contributed by atoms with E-state index in [0.29, 0.717) is 13.1 Å². The minimum absolute atomic E-state index is 0.0569. The molecule has 106 valence electrons. The number of aliphatic hydroxyl groups is 1. The topological polar surface area (TPSA) is 61.8 Å². The second-order valence-electron chi connectivity index (χ2n) is 5.10. The maximum atomic E-state index is 11.8. The quantitative estimate of drug-likeness (QED) is 0.707. The molecular weight excluding hydrogens is 232 g/mol. The number of hydrogen-bond acceptors (Lipinski definition) is 3. The fourth-order valence-corrected chi connectivity index (χ4v) is 1.99. The fourth-order valence-electron chi connectivity index (χ4n) is 1.99. The van der Waals surface area contributed by atoms with Crippen LogP contribution in [0, 0.1) is 0 Å². The first-order chi connectivity index (χ1) is 8.59. The van der Waals surface area contributed by atoms with Crippen LogP contribution in [-0.4, -0.2) is 54.5 Å². The van der Waals surface area contributed by atoms with Gasteiger partial charge < -0.3 is 20.1 Å². The van der Waals surface area contributed by atoms with Crippen LogP contribution in [0.25, 0.3) is 0 Å². The van der Waals surface area contributed by atoms with E-state index in [2.05, 4.69) is 5.32 Å². The molecule has 0 bridgehead atoms. The Morgan fingerprint density at radius 2 is 2.28 bits per heavy atom. The van der Waals surface area contributed by atoms with Crippen molar-refractivity contribution in [1.82, 2.24) is 10.2 Å². The lowest BCUT2D eigenvalue weighted by atomic mass is 10.1. The molecule has 0 radical (unpaired) electrons. The van der Waals surface area contributed by atoms with Gasteiger partial charge in [-0.1, -0.05) is 0 Å². The zero-order chi connectivity index (χ0) is 13.4. The lowest BCUT2D eigenvalue weighted by molar-refractivity contribution is 0.0753. The van der Waals surface area contributed by atoms with Crippen molar-refractivity contribution < 1.29 is 14.6 Å². The summed E-state index contributed by atoms with van der Waals surface area (Å²) in [6.45, 7) is 6.66. The highest BCUT2D eigenvalue weighted by Crippen LogP contribution is 2.09. The molecule has 0 spiro atoms. The Morgan fingerprint density at radius 1 is 1.50 bits per heavy atom. The van der Waals surface area contributed by atoms with Crippen LogP contribution < -0.4 is 5.32 Å². The fraction of sp³-hybridized carbons (Fsp3) is 0.923. The average Bonchev–Trinajstić information content (AvgIpc) is 2.33. The molecule has 1 unspecified atom stereocenters. The Balaban J connectivity index is 2.02. The highest BCUT2D eigenvalue weighted by atomic mass is 16.5. The van der Waals surface area contributed by atoms with Gasteiger partial charge in [-0.05, 0) is 39.5 Å². The summed E-state index contributed by atoms with van der Waals surface area (Å²) in [7, 11) is 0. The van der Waals surface area contributed by atoms with E-state index in [1.54, 1.807) is 4.90 Å². The summed E-state index contributed by atoms with van der Waals surface area (Å²) in [5.74, 6) is 0. The van der Waals surface area contributed by atoms with E-state index in [-0.39, 0.29) is 18.2 Å². The first-order valence-electron chi connectivity index (χ1n) is 6.92. The lowest BCUT2D eigenvalue weighted by Crippen LogP contribution is -2.47. The number of rotatable bonds is 6. The molecule has 1 saturated heterocycles. The predicted octanol–water partition coefficient (Wildman–Crippen LogP) is 1.36. The summed E-state index contributed by atoms with van der Waals surface area (Å²) in [5, 5.41) is 12.4. The summed E-state index contributed by atoms with van der Waals surface area (Å²) in [6, 6.07) is -0.0569. The van der Waals surface area contributed by atoms with E-state index in [9.17, 15) is 9.90 Å². The van der Waals surface area contributed by atoms with Gasteiger partial charge in [0.25, 0.3) is 0 Å². The van der Waals surface area contributed by atoms with Crippen molar-refractivity contribution in [2.45, 2.75) is 51.7 Å². The van der Waals surface area contributed by atoms with Gasteiger partial charge in [-0.2, -0.15) is 0 Å². The van der Waals surface area contributed by atoms with Crippen LogP contribution in [0.2, 0.25) is 0 Å². The van der Waals surface area contributed by atoms with Gasteiger partial charge in [-0.25, -0.2) is 4.79 Å². The van der Waals surface area contributed by atoms with Crippen molar-refractivity contribution in [2.75, 3.05) is 26.2 Å². The molecular formula is C13H26N2O3. The van der Waals surface area contributed by atoms with Crippen LogP contribution in [0.5, 0.6) is 0 Å².